The predicted octanol–water partition coefficient (Wildman–Crippen LogP) is 1.93. The van der Waals surface area contributed by atoms with Crippen molar-refractivity contribution in [2.75, 3.05) is 13.1 Å². The largest absolute Gasteiger partial charge is 0.507 e. The smallest absolute Gasteiger partial charge is 0.233 e. The number of phenolic OH excluding ortho intramolecular Hbond substituents is 1. The van der Waals surface area contributed by atoms with Gasteiger partial charge < -0.3 is 26.3 Å². The summed E-state index contributed by atoms with van der Waals surface area (Å²) in [6, 6.07) is 8.60. The minimum atomic E-state index is 0.0556. The third-order valence-electron chi connectivity index (χ3n) is 4.16. The quantitative estimate of drug-likeness (QED) is 0.618. The number of allylic oxidation sites excluding steroid dienone is 1. The van der Waals surface area contributed by atoms with Crippen molar-refractivity contribution in [1.82, 2.24) is 15.5 Å². The number of aromatic hydroxyl groups is 1. The molecule has 1 aromatic heterocycles. The molecule has 7 nitrogen and oxygen atoms in total. The number of aromatic nitrogens is 2. The average molecular weight is 339 g/mol. The van der Waals surface area contributed by atoms with E-state index in [0.29, 0.717) is 28.3 Å². The van der Waals surface area contributed by atoms with Crippen molar-refractivity contribution in [1.29, 1.82) is 5.41 Å². The lowest BCUT2D eigenvalue weighted by atomic mass is 10.0. The van der Waals surface area contributed by atoms with E-state index < -0.39 is 0 Å². The molecule has 0 unspecified atom stereocenters. The van der Waals surface area contributed by atoms with Crippen molar-refractivity contribution in [3.05, 3.63) is 42.1 Å². The fourth-order valence-corrected chi connectivity index (χ4v) is 2.77. The minimum absolute atomic E-state index is 0.0556. The van der Waals surface area contributed by atoms with Gasteiger partial charge in [0.15, 0.2) is 0 Å². The van der Waals surface area contributed by atoms with E-state index in [4.69, 9.17) is 15.9 Å². The second-order valence-corrected chi connectivity index (χ2v) is 5.82. The molecule has 7 heteroatoms. The lowest BCUT2D eigenvalue weighted by Gasteiger charge is -2.22. The van der Waals surface area contributed by atoms with E-state index in [9.17, 15) is 5.11 Å². The summed E-state index contributed by atoms with van der Waals surface area (Å²) >= 11 is 0. The van der Waals surface area contributed by atoms with Crippen molar-refractivity contribution < 1.29 is 9.84 Å². The maximum Gasteiger partial charge on any atom is 0.233 e. The number of phenols is 1. The molecule has 130 valence electrons. The van der Waals surface area contributed by atoms with E-state index >= 15 is 0 Å². The van der Waals surface area contributed by atoms with Crippen LogP contribution in [0, 0.1) is 5.41 Å². The molecule has 0 atom stereocenters. The zero-order valence-electron chi connectivity index (χ0n) is 13.8. The topological polar surface area (TPSA) is 117 Å². The number of benzene rings is 1. The third kappa shape index (κ3) is 3.95. The van der Waals surface area contributed by atoms with Gasteiger partial charge in [-0.15, -0.1) is 10.2 Å². The summed E-state index contributed by atoms with van der Waals surface area (Å²) < 4.78 is 5.83. The van der Waals surface area contributed by atoms with Crippen molar-refractivity contribution >= 4 is 11.8 Å². The number of nitrogens with one attached hydrogen (secondary N) is 2. The summed E-state index contributed by atoms with van der Waals surface area (Å²) in [7, 11) is 0. The van der Waals surface area contributed by atoms with Gasteiger partial charge in [-0.2, -0.15) is 0 Å². The van der Waals surface area contributed by atoms with Gasteiger partial charge in [0, 0.05) is 29.6 Å². The maximum absolute atomic E-state index is 10.3. The second kappa shape index (κ2) is 7.76. The molecular formula is C18H21N5O2. The van der Waals surface area contributed by atoms with E-state index in [0.717, 1.165) is 32.1 Å². The highest BCUT2D eigenvalue weighted by molar-refractivity contribution is 6.08. The predicted molar refractivity (Wildman–Crippen MR) is 96.6 cm³/mol. The van der Waals surface area contributed by atoms with Gasteiger partial charge in [-0.1, -0.05) is 6.07 Å². The van der Waals surface area contributed by atoms with Crippen LogP contribution in [0.4, 0.5) is 0 Å². The number of rotatable bonds is 5. The van der Waals surface area contributed by atoms with E-state index in [-0.39, 0.29) is 11.9 Å². The van der Waals surface area contributed by atoms with Gasteiger partial charge in [0.25, 0.3) is 0 Å². The number of ether oxygens (including phenoxy) is 1. The molecule has 2 aromatic rings. The van der Waals surface area contributed by atoms with Crippen molar-refractivity contribution in [3.63, 3.8) is 0 Å². The van der Waals surface area contributed by atoms with Crippen LogP contribution >= 0.6 is 0 Å². The van der Waals surface area contributed by atoms with Gasteiger partial charge in [-0.25, -0.2) is 0 Å². The fourth-order valence-electron chi connectivity index (χ4n) is 2.77. The molecule has 0 bridgehead atoms. The molecule has 0 spiro atoms. The van der Waals surface area contributed by atoms with Crippen molar-refractivity contribution in [2.24, 2.45) is 5.73 Å². The lowest BCUT2D eigenvalue weighted by molar-refractivity contribution is 0.154. The molecule has 0 amide bonds. The molecule has 5 N–H and O–H groups in total. The monoisotopic (exact) mass is 339 g/mol. The highest BCUT2D eigenvalue weighted by Gasteiger charge is 2.15. The van der Waals surface area contributed by atoms with Gasteiger partial charge in [0.1, 0.15) is 11.9 Å². The van der Waals surface area contributed by atoms with Crippen LogP contribution in [0.2, 0.25) is 0 Å². The van der Waals surface area contributed by atoms with Crippen LogP contribution in [0.25, 0.3) is 16.8 Å². The van der Waals surface area contributed by atoms with Gasteiger partial charge in [-0.3, -0.25) is 0 Å². The van der Waals surface area contributed by atoms with Crippen molar-refractivity contribution in [3.8, 4) is 22.9 Å². The van der Waals surface area contributed by atoms with Crippen LogP contribution < -0.4 is 15.8 Å². The molecular weight excluding hydrogens is 318 g/mol. The summed E-state index contributed by atoms with van der Waals surface area (Å²) in [6.07, 6.45) is 4.54. The normalized spacial score (nSPS) is 15.8. The van der Waals surface area contributed by atoms with E-state index in [1.54, 1.807) is 30.3 Å². The second-order valence-electron chi connectivity index (χ2n) is 5.82. The molecule has 0 aliphatic carbocycles. The third-order valence-corrected chi connectivity index (χ3v) is 4.16. The summed E-state index contributed by atoms with van der Waals surface area (Å²) in [4.78, 5) is 0. The van der Waals surface area contributed by atoms with E-state index in [1.165, 1.54) is 6.20 Å². The molecule has 0 radical (unpaired) electrons. The highest BCUT2D eigenvalue weighted by Crippen LogP contribution is 2.30. The average Bonchev–Trinajstić information content (AvgIpc) is 2.65. The Morgan fingerprint density at radius 1 is 1.24 bits per heavy atom. The van der Waals surface area contributed by atoms with Crippen LogP contribution in [-0.4, -0.2) is 40.7 Å². The first-order valence-corrected chi connectivity index (χ1v) is 8.18. The molecule has 1 fully saturated rings. The Morgan fingerprint density at radius 3 is 2.64 bits per heavy atom. The van der Waals surface area contributed by atoms with Crippen LogP contribution in [0.15, 0.2) is 36.5 Å². The first-order valence-electron chi connectivity index (χ1n) is 8.18. The summed E-state index contributed by atoms with van der Waals surface area (Å²) in [5.74, 6) is 0.545. The Hall–Kier alpha value is -2.93. The van der Waals surface area contributed by atoms with Gasteiger partial charge in [-0.05, 0) is 49.7 Å². The van der Waals surface area contributed by atoms with E-state index in [2.05, 4.69) is 15.5 Å². The van der Waals surface area contributed by atoms with Gasteiger partial charge in [0.05, 0.1) is 5.69 Å². The standard InChI is InChI=1S/C18H21N5O2/c19-10-13(11-20)12-1-2-15(17(24)9-12)16-3-4-18(23-22-16)25-14-5-7-21-8-6-14/h1-4,9-11,14,19,21,24H,5-8,20H2. The van der Waals surface area contributed by atoms with Crippen LogP contribution in [0.1, 0.15) is 18.4 Å². The summed E-state index contributed by atoms with van der Waals surface area (Å²) in [5, 5.41) is 29.1. The Balaban J connectivity index is 1.76. The SMILES string of the molecule is N=CC(=CN)c1ccc(-c2ccc(OC3CCNCC3)nn2)c(O)c1. The first kappa shape index (κ1) is 16.9. The van der Waals surface area contributed by atoms with Gasteiger partial charge >= 0.3 is 0 Å². The van der Waals surface area contributed by atoms with Crippen LogP contribution in [0.5, 0.6) is 11.6 Å². The molecule has 1 aliphatic heterocycles. The molecule has 1 saturated heterocycles. The zero-order valence-corrected chi connectivity index (χ0v) is 13.8. The molecule has 25 heavy (non-hydrogen) atoms. The fraction of sp³-hybridized carbons (Fsp3) is 0.278. The lowest BCUT2D eigenvalue weighted by Crippen LogP contribution is -2.34. The highest BCUT2D eigenvalue weighted by atomic mass is 16.5. The number of nitrogens with two attached hydrogens (primary N) is 1. The Kier molecular flexibility index (Phi) is 5.25. The number of piperidine rings is 1. The van der Waals surface area contributed by atoms with Crippen LogP contribution in [0.3, 0.4) is 0 Å². The summed E-state index contributed by atoms with van der Waals surface area (Å²) in [5.41, 5.74) is 7.78. The number of hydrogen-bond donors (Lipinski definition) is 4. The molecule has 1 aromatic carbocycles. The molecule has 3 rings (SSSR count). The number of hydrogen-bond acceptors (Lipinski definition) is 7. The number of nitrogens with zero attached hydrogens (tertiary/aromatic N) is 2. The van der Waals surface area contributed by atoms with Gasteiger partial charge in [0.2, 0.25) is 5.88 Å². The Morgan fingerprint density at radius 2 is 2.04 bits per heavy atom. The molecule has 2 heterocycles. The van der Waals surface area contributed by atoms with Crippen LogP contribution in [-0.2, 0) is 0 Å². The molecule has 1 aliphatic rings. The minimum Gasteiger partial charge on any atom is -0.507 e. The zero-order chi connectivity index (χ0) is 17.6. The first-order chi connectivity index (χ1) is 12.2. The Labute approximate surface area is 146 Å². The maximum atomic E-state index is 10.3. The van der Waals surface area contributed by atoms with E-state index in [1.807, 2.05) is 0 Å². The summed E-state index contributed by atoms with van der Waals surface area (Å²) in [6.45, 7) is 1.90. The Bertz CT molecular complexity index is 768. The van der Waals surface area contributed by atoms with Crippen molar-refractivity contribution in [2.45, 2.75) is 18.9 Å². The molecule has 0 saturated carbocycles.